The number of aliphatic hydroxyl groups excluding tert-OH is 4. The first-order valence-corrected chi connectivity index (χ1v) is 4.54. The smallest absolute Gasteiger partial charge is 0.186 e. The molecule has 0 aromatic heterocycles. The molecule has 1 rings (SSSR count). The highest BCUT2D eigenvalue weighted by molar-refractivity contribution is 4.88. The molecule has 0 bridgehead atoms. The molecule has 0 aromatic carbocycles. The van der Waals surface area contributed by atoms with Crippen LogP contribution in [-0.2, 0) is 9.47 Å². The number of aliphatic hydroxyl groups is 4. The second-order valence-corrected chi connectivity index (χ2v) is 3.15. The molecule has 0 radical (unpaired) electrons. The fourth-order valence-corrected chi connectivity index (χ4v) is 1.37. The minimum absolute atomic E-state index is 0.308. The maximum Gasteiger partial charge on any atom is 0.186 e. The Balaban J connectivity index is 2.63. The molecule has 1 fully saturated rings. The molecule has 0 aliphatic carbocycles. The molecule has 1 saturated heterocycles. The van der Waals surface area contributed by atoms with Crippen LogP contribution in [0.15, 0.2) is 0 Å². The van der Waals surface area contributed by atoms with Crippen LogP contribution < -0.4 is 0 Å². The zero-order chi connectivity index (χ0) is 10.7. The molecular weight excluding hydrogens is 192 g/mol. The molecule has 3 unspecified atom stereocenters. The third kappa shape index (κ3) is 2.22. The van der Waals surface area contributed by atoms with Gasteiger partial charge in [-0.15, -0.1) is 0 Å². The lowest BCUT2D eigenvalue weighted by atomic mass is 9.99. The number of rotatable bonds is 3. The summed E-state index contributed by atoms with van der Waals surface area (Å²) in [6.07, 6.45) is -5.89. The average Bonchev–Trinajstić information content (AvgIpc) is 2.19. The molecule has 1 aliphatic heterocycles. The van der Waals surface area contributed by atoms with E-state index in [1.807, 2.05) is 0 Å². The van der Waals surface area contributed by atoms with Crippen LogP contribution in [0.5, 0.6) is 0 Å². The molecule has 6 heteroatoms. The van der Waals surface area contributed by atoms with E-state index in [1.165, 1.54) is 0 Å². The minimum atomic E-state index is -1.36. The molecule has 1 aliphatic rings. The fourth-order valence-electron chi connectivity index (χ4n) is 1.37. The summed E-state index contributed by atoms with van der Waals surface area (Å²) in [6, 6.07) is 0. The van der Waals surface area contributed by atoms with E-state index in [1.54, 1.807) is 6.92 Å². The second-order valence-electron chi connectivity index (χ2n) is 3.15. The Bertz CT molecular complexity index is 171. The van der Waals surface area contributed by atoms with Gasteiger partial charge < -0.3 is 29.9 Å². The molecule has 84 valence electrons. The molecule has 0 aromatic rings. The lowest BCUT2D eigenvalue weighted by molar-refractivity contribution is -0.300. The number of hydrogen-bond donors (Lipinski definition) is 4. The van der Waals surface area contributed by atoms with Crippen molar-refractivity contribution in [3.05, 3.63) is 0 Å². The van der Waals surface area contributed by atoms with Crippen LogP contribution in [0.4, 0.5) is 0 Å². The molecule has 14 heavy (non-hydrogen) atoms. The SMILES string of the molecule is CCO[C@H]1OC(CO)[C@@H](O)C(O)C1O. The molecule has 4 N–H and O–H groups in total. The first kappa shape index (κ1) is 11.8. The number of ether oxygens (including phenoxy) is 2. The van der Waals surface area contributed by atoms with Gasteiger partial charge in [-0.2, -0.15) is 0 Å². The molecular formula is C8H16O6. The molecule has 0 amide bonds. The zero-order valence-corrected chi connectivity index (χ0v) is 7.91. The predicted molar refractivity (Wildman–Crippen MR) is 45.4 cm³/mol. The minimum Gasteiger partial charge on any atom is -0.394 e. The van der Waals surface area contributed by atoms with Crippen LogP contribution in [0.25, 0.3) is 0 Å². The highest BCUT2D eigenvalue weighted by atomic mass is 16.7. The van der Waals surface area contributed by atoms with Crippen LogP contribution in [0.2, 0.25) is 0 Å². The van der Waals surface area contributed by atoms with Crippen LogP contribution in [-0.4, -0.2) is 64.3 Å². The lowest BCUT2D eigenvalue weighted by Crippen LogP contribution is -2.59. The summed E-state index contributed by atoms with van der Waals surface area (Å²) < 4.78 is 10.0. The maximum atomic E-state index is 9.41. The third-order valence-electron chi connectivity index (χ3n) is 2.18. The van der Waals surface area contributed by atoms with Crippen molar-refractivity contribution in [1.82, 2.24) is 0 Å². The van der Waals surface area contributed by atoms with Gasteiger partial charge in [0.05, 0.1) is 6.61 Å². The molecule has 0 saturated carbocycles. The Morgan fingerprint density at radius 3 is 2.29 bits per heavy atom. The van der Waals surface area contributed by atoms with Crippen molar-refractivity contribution in [2.24, 2.45) is 0 Å². The van der Waals surface area contributed by atoms with Crippen molar-refractivity contribution in [3.63, 3.8) is 0 Å². The van der Waals surface area contributed by atoms with Crippen molar-refractivity contribution >= 4 is 0 Å². The van der Waals surface area contributed by atoms with E-state index in [0.29, 0.717) is 6.61 Å². The van der Waals surface area contributed by atoms with E-state index in [2.05, 4.69) is 0 Å². The van der Waals surface area contributed by atoms with Crippen molar-refractivity contribution in [3.8, 4) is 0 Å². The maximum absolute atomic E-state index is 9.41. The Labute approximate surface area is 81.7 Å². The molecule has 0 spiro atoms. The van der Waals surface area contributed by atoms with Gasteiger partial charge in [0, 0.05) is 6.61 Å². The van der Waals surface area contributed by atoms with Gasteiger partial charge in [-0.1, -0.05) is 0 Å². The van der Waals surface area contributed by atoms with Gasteiger partial charge >= 0.3 is 0 Å². The van der Waals surface area contributed by atoms with Crippen LogP contribution >= 0.6 is 0 Å². The van der Waals surface area contributed by atoms with Crippen molar-refractivity contribution in [2.75, 3.05) is 13.2 Å². The van der Waals surface area contributed by atoms with Gasteiger partial charge in [0.25, 0.3) is 0 Å². The summed E-state index contributed by atoms with van der Waals surface area (Å²) in [5.74, 6) is 0. The third-order valence-corrected chi connectivity index (χ3v) is 2.18. The first-order valence-electron chi connectivity index (χ1n) is 4.54. The summed E-state index contributed by atoms with van der Waals surface area (Å²) >= 11 is 0. The Kier molecular flexibility index (Phi) is 4.24. The van der Waals surface area contributed by atoms with Crippen molar-refractivity contribution in [1.29, 1.82) is 0 Å². The summed E-state index contributed by atoms with van der Waals surface area (Å²) in [5.41, 5.74) is 0. The Morgan fingerprint density at radius 2 is 1.79 bits per heavy atom. The Morgan fingerprint density at radius 1 is 1.14 bits per heavy atom. The van der Waals surface area contributed by atoms with E-state index >= 15 is 0 Å². The standard InChI is InChI=1S/C8H16O6/c1-2-13-8-7(12)6(11)5(10)4(3-9)14-8/h4-12H,2-3H2,1H3/t4?,5-,6?,7?,8+/m1/s1. The second kappa shape index (κ2) is 5.01. The van der Waals surface area contributed by atoms with E-state index in [0.717, 1.165) is 0 Å². The highest BCUT2D eigenvalue weighted by Crippen LogP contribution is 2.21. The van der Waals surface area contributed by atoms with E-state index in [9.17, 15) is 15.3 Å². The van der Waals surface area contributed by atoms with Crippen LogP contribution in [0.3, 0.4) is 0 Å². The summed E-state index contributed by atoms with van der Waals surface area (Å²) in [4.78, 5) is 0. The van der Waals surface area contributed by atoms with E-state index in [4.69, 9.17) is 14.6 Å². The summed E-state index contributed by atoms with van der Waals surface area (Å²) in [6.45, 7) is 1.58. The summed E-state index contributed by atoms with van der Waals surface area (Å²) in [7, 11) is 0. The van der Waals surface area contributed by atoms with Gasteiger partial charge in [-0.05, 0) is 6.92 Å². The quantitative estimate of drug-likeness (QED) is 0.421. The topological polar surface area (TPSA) is 99.4 Å². The molecule has 5 atom stereocenters. The zero-order valence-electron chi connectivity index (χ0n) is 7.91. The molecule has 1 heterocycles. The normalized spacial score (nSPS) is 43.9. The Hall–Kier alpha value is -0.240. The predicted octanol–water partition coefficient (Wildman–Crippen LogP) is -2.18. The lowest BCUT2D eigenvalue weighted by Gasteiger charge is -2.39. The largest absolute Gasteiger partial charge is 0.394 e. The van der Waals surface area contributed by atoms with Gasteiger partial charge in [0.1, 0.15) is 24.4 Å². The highest BCUT2D eigenvalue weighted by Gasteiger charge is 2.43. The van der Waals surface area contributed by atoms with Crippen molar-refractivity contribution in [2.45, 2.75) is 37.6 Å². The average molecular weight is 208 g/mol. The van der Waals surface area contributed by atoms with Gasteiger partial charge in [0.15, 0.2) is 6.29 Å². The summed E-state index contributed by atoms with van der Waals surface area (Å²) in [5, 5.41) is 36.9. The monoisotopic (exact) mass is 208 g/mol. The van der Waals surface area contributed by atoms with Gasteiger partial charge in [-0.25, -0.2) is 0 Å². The van der Waals surface area contributed by atoms with Gasteiger partial charge in [0.2, 0.25) is 0 Å². The van der Waals surface area contributed by atoms with Crippen molar-refractivity contribution < 1.29 is 29.9 Å². The molecule has 6 nitrogen and oxygen atoms in total. The van der Waals surface area contributed by atoms with E-state index in [-0.39, 0.29) is 0 Å². The van der Waals surface area contributed by atoms with Crippen LogP contribution in [0.1, 0.15) is 6.92 Å². The number of hydrogen-bond acceptors (Lipinski definition) is 6. The van der Waals surface area contributed by atoms with E-state index < -0.39 is 37.3 Å². The van der Waals surface area contributed by atoms with Crippen LogP contribution in [0, 0.1) is 0 Å². The first-order chi connectivity index (χ1) is 6.61. The fraction of sp³-hybridized carbons (Fsp3) is 1.00. The van der Waals surface area contributed by atoms with Gasteiger partial charge in [-0.3, -0.25) is 0 Å².